The van der Waals surface area contributed by atoms with Crippen LogP contribution in [0.25, 0.3) is 0 Å². The molecular formula is C20H29F6IN4. The van der Waals surface area contributed by atoms with Gasteiger partial charge < -0.3 is 10.6 Å². The predicted molar refractivity (Wildman–Crippen MR) is 120 cm³/mol. The van der Waals surface area contributed by atoms with Crippen molar-refractivity contribution in [3.8, 4) is 0 Å². The van der Waals surface area contributed by atoms with Gasteiger partial charge in [-0.15, -0.1) is 24.0 Å². The summed E-state index contributed by atoms with van der Waals surface area (Å²) in [6.45, 7) is 3.22. The van der Waals surface area contributed by atoms with E-state index in [-0.39, 0.29) is 42.5 Å². The first-order valence-electron chi connectivity index (χ1n) is 9.97. The molecule has 2 N–H and O–H groups in total. The van der Waals surface area contributed by atoms with Gasteiger partial charge >= 0.3 is 12.4 Å². The molecule has 0 amide bonds. The number of aliphatic imine (C=N–C) groups is 1. The number of likely N-dealkylation sites (tertiary alicyclic amines) is 1. The van der Waals surface area contributed by atoms with Gasteiger partial charge in [0.05, 0.1) is 12.0 Å². The maximum absolute atomic E-state index is 12.9. The summed E-state index contributed by atoms with van der Waals surface area (Å²) in [5, 5.41) is 5.62. The summed E-state index contributed by atoms with van der Waals surface area (Å²) in [5.74, 6) is 0.347. The Morgan fingerprint density at radius 3 is 2.29 bits per heavy atom. The highest BCUT2D eigenvalue weighted by Gasteiger charge is 2.33. The Morgan fingerprint density at radius 1 is 1.10 bits per heavy atom. The van der Waals surface area contributed by atoms with Gasteiger partial charge in [-0.25, -0.2) is 0 Å². The van der Waals surface area contributed by atoms with Crippen LogP contribution in [0.4, 0.5) is 26.3 Å². The van der Waals surface area contributed by atoms with E-state index in [9.17, 15) is 26.3 Å². The van der Waals surface area contributed by atoms with Gasteiger partial charge in [0.15, 0.2) is 5.96 Å². The van der Waals surface area contributed by atoms with Gasteiger partial charge in [0.2, 0.25) is 0 Å². The molecule has 4 nitrogen and oxygen atoms in total. The molecule has 0 radical (unpaired) electrons. The van der Waals surface area contributed by atoms with Crippen LogP contribution in [0.15, 0.2) is 29.3 Å². The lowest BCUT2D eigenvalue weighted by molar-refractivity contribution is -0.137. The van der Waals surface area contributed by atoms with Crippen LogP contribution in [0.5, 0.6) is 0 Å². The third-order valence-electron chi connectivity index (χ3n) is 5.12. The van der Waals surface area contributed by atoms with Crippen LogP contribution in [0, 0.1) is 5.92 Å². The maximum atomic E-state index is 12.9. The fraction of sp³-hybridized carbons (Fsp3) is 0.650. The quantitative estimate of drug-likeness (QED) is 0.215. The van der Waals surface area contributed by atoms with Crippen LogP contribution in [0.3, 0.4) is 0 Å². The minimum absolute atomic E-state index is 0. The fourth-order valence-corrected chi connectivity index (χ4v) is 3.72. The van der Waals surface area contributed by atoms with Crippen molar-refractivity contribution < 1.29 is 26.3 Å². The molecule has 2 rings (SSSR count). The molecule has 1 saturated heterocycles. The lowest BCUT2D eigenvalue weighted by atomic mass is 9.84. The van der Waals surface area contributed by atoms with Crippen LogP contribution in [-0.2, 0) is 6.18 Å². The van der Waals surface area contributed by atoms with E-state index in [1.54, 1.807) is 0 Å². The average Bonchev–Trinajstić information content (AvgIpc) is 2.64. The number of nitrogens with zero attached hydrogens (tertiary/aromatic N) is 2. The van der Waals surface area contributed by atoms with E-state index in [2.05, 4.69) is 20.5 Å². The fourth-order valence-electron chi connectivity index (χ4n) is 3.72. The molecule has 0 spiro atoms. The van der Waals surface area contributed by atoms with Crippen LogP contribution in [0.2, 0.25) is 0 Å². The van der Waals surface area contributed by atoms with E-state index in [4.69, 9.17) is 0 Å². The summed E-state index contributed by atoms with van der Waals surface area (Å²) >= 11 is 0. The minimum atomic E-state index is -4.39. The smallest absolute Gasteiger partial charge is 0.357 e. The topological polar surface area (TPSA) is 39.7 Å². The number of hydrogen-bond acceptors (Lipinski definition) is 2. The Balaban J connectivity index is 0.00000480. The number of hydrogen-bond donors (Lipinski definition) is 2. The third kappa shape index (κ3) is 9.03. The third-order valence-corrected chi connectivity index (χ3v) is 5.12. The molecule has 2 atom stereocenters. The largest absolute Gasteiger partial charge is 0.416 e. The van der Waals surface area contributed by atoms with E-state index in [1.807, 2.05) is 14.0 Å². The molecule has 1 aliphatic heterocycles. The standard InChI is InChI=1S/C20H28F6N4.HI/c1-3-27-18(28-11-10-19(21,22)23)29-13-15-5-4-12-30(2)17(15)14-6-8-16(9-7-14)20(24,25)26;/h6-9,15,17H,3-5,10-13H2,1-2H3,(H2,27,28,29);1H. The van der Waals surface area contributed by atoms with Crippen LogP contribution >= 0.6 is 24.0 Å². The Kier molecular flexibility index (Phi) is 10.9. The highest BCUT2D eigenvalue weighted by atomic mass is 127. The summed E-state index contributed by atoms with van der Waals surface area (Å²) in [6, 6.07) is 5.06. The second kappa shape index (κ2) is 12.1. The Bertz CT molecular complexity index is 690. The van der Waals surface area contributed by atoms with E-state index in [1.165, 1.54) is 12.1 Å². The van der Waals surface area contributed by atoms with Crippen LogP contribution < -0.4 is 10.6 Å². The van der Waals surface area contributed by atoms with Crippen molar-refractivity contribution in [1.29, 1.82) is 0 Å². The highest BCUT2D eigenvalue weighted by Crippen LogP contribution is 2.37. The van der Waals surface area contributed by atoms with Crippen molar-refractivity contribution in [1.82, 2.24) is 15.5 Å². The number of alkyl halides is 6. The van der Waals surface area contributed by atoms with E-state index < -0.39 is 24.3 Å². The molecule has 1 aromatic carbocycles. The monoisotopic (exact) mass is 566 g/mol. The van der Waals surface area contributed by atoms with Gasteiger partial charge in [-0.05, 0) is 57.0 Å². The number of halogens is 7. The van der Waals surface area contributed by atoms with Crippen molar-refractivity contribution in [2.45, 2.75) is 44.6 Å². The first-order chi connectivity index (χ1) is 14.0. The number of nitrogens with one attached hydrogen (secondary N) is 2. The van der Waals surface area contributed by atoms with Gasteiger partial charge in [0, 0.05) is 25.7 Å². The van der Waals surface area contributed by atoms with Crippen molar-refractivity contribution in [3.05, 3.63) is 35.4 Å². The summed E-state index contributed by atoms with van der Waals surface area (Å²) in [7, 11) is 1.92. The Hall–Kier alpha value is -1.24. The number of guanidine groups is 1. The number of piperidine rings is 1. The summed E-state index contributed by atoms with van der Waals surface area (Å²) < 4.78 is 75.7. The van der Waals surface area contributed by atoms with E-state index in [0.717, 1.165) is 37.1 Å². The molecule has 0 aromatic heterocycles. The second-order valence-electron chi connectivity index (χ2n) is 7.46. The van der Waals surface area contributed by atoms with Crippen molar-refractivity contribution in [2.24, 2.45) is 10.9 Å². The van der Waals surface area contributed by atoms with Gasteiger partial charge in [0.1, 0.15) is 0 Å². The zero-order valence-corrected chi connectivity index (χ0v) is 19.8. The van der Waals surface area contributed by atoms with Gasteiger partial charge in [0.25, 0.3) is 0 Å². The Morgan fingerprint density at radius 2 is 1.74 bits per heavy atom. The molecule has 1 fully saturated rings. The molecule has 1 aliphatic rings. The molecule has 0 aliphatic carbocycles. The van der Waals surface area contributed by atoms with E-state index in [0.29, 0.717) is 19.0 Å². The lowest BCUT2D eigenvalue weighted by Gasteiger charge is -2.39. The van der Waals surface area contributed by atoms with Crippen molar-refractivity contribution in [3.63, 3.8) is 0 Å². The maximum Gasteiger partial charge on any atom is 0.416 e. The first kappa shape index (κ1) is 27.8. The zero-order valence-electron chi connectivity index (χ0n) is 17.5. The normalized spacial score (nSPS) is 20.8. The second-order valence-corrected chi connectivity index (χ2v) is 7.46. The SMILES string of the molecule is CCNC(=NCC1CCCN(C)C1c1ccc(C(F)(F)F)cc1)NCCC(F)(F)F.I. The molecule has 1 aromatic rings. The first-order valence-corrected chi connectivity index (χ1v) is 9.97. The predicted octanol–water partition coefficient (Wildman–Crippen LogP) is 5.21. The van der Waals surface area contributed by atoms with Gasteiger partial charge in [-0.2, -0.15) is 26.3 Å². The zero-order chi connectivity index (χ0) is 22.4. The molecule has 0 saturated carbocycles. The molecule has 178 valence electrons. The van der Waals surface area contributed by atoms with Crippen LogP contribution in [0.1, 0.15) is 43.4 Å². The summed E-state index contributed by atoms with van der Waals surface area (Å²) in [5.41, 5.74) is 0.0861. The molecule has 1 heterocycles. The number of rotatable bonds is 6. The molecular weight excluding hydrogens is 537 g/mol. The number of benzene rings is 1. The summed E-state index contributed by atoms with van der Waals surface area (Å²) in [4.78, 5) is 6.54. The van der Waals surface area contributed by atoms with E-state index >= 15 is 0 Å². The molecule has 11 heteroatoms. The van der Waals surface area contributed by atoms with Crippen molar-refractivity contribution >= 4 is 29.9 Å². The van der Waals surface area contributed by atoms with Gasteiger partial charge in [-0.1, -0.05) is 12.1 Å². The molecule has 31 heavy (non-hydrogen) atoms. The molecule has 0 bridgehead atoms. The lowest BCUT2D eigenvalue weighted by Crippen LogP contribution is -2.41. The average molecular weight is 566 g/mol. The highest BCUT2D eigenvalue weighted by molar-refractivity contribution is 14.0. The van der Waals surface area contributed by atoms with Crippen molar-refractivity contribution in [2.75, 3.05) is 33.2 Å². The van der Waals surface area contributed by atoms with Gasteiger partial charge in [-0.3, -0.25) is 9.89 Å². The van der Waals surface area contributed by atoms with Crippen LogP contribution in [-0.4, -0.2) is 50.3 Å². The molecule has 2 unspecified atom stereocenters. The minimum Gasteiger partial charge on any atom is -0.357 e. The Labute approximate surface area is 195 Å². The summed E-state index contributed by atoms with van der Waals surface area (Å²) in [6.07, 6.45) is -7.83.